The fourth-order valence-electron chi connectivity index (χ4n) is 2.78. The first-order chi connectivity index (χ1) is 9.54. The summed E-state index contributed by atoms with van der Waals surface area (Å²) >= 11 is 0. The number of nitrogens with one attached hydrogen (secondary N) is 1. The molecule has 0 aliphatic carbocycles. The van der Waals surface area contributed by atoms with E-state index < -0.39 is 0 Å². The maximum absolute atomic E-state index is 11.8. The summed E-state index contributed by atoms with van der Waals surface area (Å²) in [6.07, 6.45) is 2.24. The van der Waals surface area contributed by atoms with Gasteiger partial charge in [-0.2, -0.15) is 0 Å². The van der Waals surface area contributed by atoms with Crippen molar-refractivity contribution in [1.82, 2.24) is 10.3 Å². The highest BCUT2D eigenvalue weighted by atomic mass is 35.5. The molecule has 0 aromatic carbocycles. The Balaban J connectivity index is 0.00000220. The van der Waals surface area contributed by atoms with Crippen LogP contribution in [-0.2, 0) is 4.74 Å². The molecule has 0 unspecified atom stereocenters. The molecular weight excluding hydrogens is 290 g/mol. The Morgan fingerprint density at radius 2 is 2.00 bits per heavy atom. The summed E-state index contributed by atoms with van der Waals surface area (Å²) in [7, 11) is 3.48. The van der Waals surface area contributed by atoms with Crippen molar-refractivity contribution in [3.63, 3.8) is 0 Å². The Morgan fingerprint density at radius 3 is 2.52 bits per heavy atom. The molecule has 1 fully saturated rings. The summed E-state index contributed by atoms with van der Waals surface area (Å²) < 4.78 is 4.81. The second-order valence-corrected chi connectivity index (χ2v) is 5.34. The number of hydrogen-bond donors (Lipinski definition) is 1. The number of nitrogens with zero attached hydrogens (tertiary/aromatic N) is 2. The molecule has 21 heavy (non-hydrogen) atoms. The highest BCUT2D eigenvalue weighted by Crippen LogP contribution is 2.23. The summed E-state index contributed by atoms with van der Waals surface area (Å²) in [5, 5.41) is 3.37. The lowest BCUT2D eigenvalue weighted by Gasteiger charge is -2.33. The van der Waals surface area contributed by atoms with E-state index in [1.807, 2.05) is 19.9 Å². The van der Waals surface area contributed by atoms with Gasteiger partial charge in [0.25, 0.3) is 0 Å². The zero-order valence-electron chi connectivity index (χ0n) is 13.1. The van der Waals surface area contributed by atoms with Gasteiger partial charge in [0.05, 0.1) is 18.4 Å². The Bertz CT molecular complexity index is 479. The Morgan fingerprint density at radius 1 is 1.38 bits per heavy atom. The van der Waals surface area contributed by atoms with Crippen LogP contribution in [0.2, 0.25) is 0 Å². The third-order valence-electron chi connectivity index (χ3n) is 3.99. The van der Waals surface area contributed by atoms with Gasteiger partial charge in [0.15, 0.2) is 0 Å². The van der Waals surface area contributed by atoms with Crippen LogP contribution in [0.5, 0.6) is 0 Å². The first-order valence-electron chi connectivity index (χ1n) is 7.04. The largest absolute Gasteiger partial charge is 0.465 e. The second kappa shape index (κ2) is 7.61. The van der Waals surface area contributed by atoms with Crippen LogP contribution in [0.15, 0.2) is 6.07 Å². The van der Waals surface area contributed by atoms with Crippen molar-refractivity contribution in [3.05, 3.63) is 22.9 Å². The SMILES string of the molecule is COC(=O)c1c(C)cc(N(C)C2CCNCC2)nc1C.Cl. The maximum atomic E-state index is 11.8. The van der Waals surface area contributed by atoms with E-state index in [1.54, 1.807) is 0 Å². The molecule has 0 radical (unpaired) electrons. The van der Waals surface area contributed by atoms with E-state index in [-0.39, 0.29) is 18.4 Å². The lowest BCUT2D eigenvalue weighted by atomic mass is 10.0. The number of anilines is 1. The number of aryl methyl sites for hydroxylation is 2. The zero-order chi connectivity index (χ0) is 14.7. The van der Waals surface area contributed by atoms with Gasteiger partial charge < -0.3 is 15.0 Å². The lowest BCUT2D eigenvalue weighted by molar-refractivity contribution is 0.0598. The van der Waals surface area contributed by atoms with E-state index in [4.69, 9.17) is 4.74 Å². The van der Waals surface area contributed by atoms with Crippen LogP contribution >= 0.6 is 12.4 Å². The van der Waals surface area contributed by atoms with Gasteiger partial charge >= 0.3 is 5.97 Å². The van der Waals surface area contributed by atoms with Gasteiger partial charge in [-0.3, -0.25) is 0 Å². The number of pyridine rings is 1. The Kier molecular flexibility index (Phi) is 6.42. The number of esters is 1. The van der Waals surface area contributed by atoms with Crippen molar-refractivity contribution in [2.24, 2.45) is 0 Å². The zero-order valence-corrected chi connectivity index (χ0v) is 13.9. The Labute approximate surface area is 132 Å². The van der Waals surface area contributed by atoms with Crippen LogP contribution < -0.4 is 10.2 Å². The molecule has 6 heteroatoms. The number of piperidine rings is 1. The number of carbonyl (C=O) groups excluding carboxylic acids is 1. The fraction of sp³-hybridized carbons (Fsp3) is 0.600. The molecular formula is C15H24ClN3O2. The first-order valence-corrected chi connectivity index (χ1v) is 7.04. The predicted molar refractivity (Wildman–Crippen MR) is 86.6 cm³/mol. The van der Waals surface area contributed by atoms with Crippen LogP contribution in [0, 0.1) is 13.8 Å². The van der Waals surface area contributed by atoms with Crippen molar-refractivity contribution in [2.75, 3.05) is 32.1 Å². The van der Waals surface area contributed by atoms with Crippen LogP contribution in [0.25, 0.3) is 0 Å². The first kappa shape index (κ1) is 17.7. The number of carbonyl (C=O) groups is 1. The smallest absolute Gasteiger partial charge is 0.339 e. The van der Waals surface area contributed by atoms with Gasteiger partial charge in [-0.15, -0.1) is 12.4 Å². The summed E-state index contributed by atoms with van der Waals surface area (Å²) in [6.45, 7) is 5.89. The molecule has 0 spiro atoms. The molecule has 1 aromatic heterocycles. The average Bonchev–Trinajstić information content (AvgIpc) is 2.46. The van der Waals surface area contributed by atoms with Gasteiger partial charge in [0, 0.05) is 13.1 Å². The molecule has 1 aliphatic rings. The maximum Gasteiger partial charge on any atom is 0.339 e. The number of ether oxygens (including phenoxy) is 1. The minimum Gasteiger partial charge on any atom is -0.465 e. The normalized spacial score (nSPS) is 15.2. The number of methoxy groups -OCH3 is 1. The standard InChI is InChI=1S/C15H23N3O2.ClH/c1-10-9-13(17-11(2)14(10)15(19)20-4)18(3)12-5-7-16-8-6-12;/h9,12,16H,5-8H2,1-4H3;1H. The molecule has 0 bridgehead atoms. The van der Waals surface area contributed by atoms with Crippen molar-refractivity contribution in [3.8, 4) is 0 Å². The molecule has 0 amide bonds. The highest BCUT2D eigenvalue weighted by Gasteiger charge is 2.21. The van der Waals surface area contributed by atoms with E-state index >= 15 is 0 Å². The number of halogens is 1. The highest BCUT2D eigenvalue weighted by molar-refractivity contribution is 5.92. The van der Waals surface area contributed by atoms with Gasteiger partial charge in [-0.25, -0.2) is 9.78 Å². The minimum atomic E-state index is -0.316. The van der Waals surface area contributed by atoms with E-state index in [2.05, 4.69) is 22.2 Å². The molecule has 1 saturated heterocycles. The van der Waals surface area contributed by atoms with E-state index in [0.717, 1.165) is 43.0 Å². The van der Waals surface area contributed by atoms with Crippen molar-refractivity contribution < 1.29 is 9.53 Å². The molecule has 5 nitrogen and oxygen atoms in total. The lowest BCUT2D eigenvalue weighted by Crippen LogP contribution is -2.41. The quantitative estimate of drug-likeness (QED) is 0.866. The van der Waals surface area contributed by atoms with Crippen LogP contribution in [0.3, 0.4) is 0 Å². The van der Waals surface area contributed by atoms with E-state index in [0.29, 0.717) is 11.6 Å². The van der Waals surface area contributed by atoms with Crippen molar-refractivity contribution in [2.45, 2.75) is 32.7 Å². The van der Waals surface area contributed by atoms with Crippen LogP contribution in [0.1, 0.15) is 34.5 Å². The topological polar surface area (TPSA) is 54.5 Å². The van der Waals surface area contributed by atoms with Crippen molar-refractivity contribution >= 4 is 24.2 Å². The van der Waals surface area contributed by atoms with Gasteiger partial charge in [-0.1, -0.05) is 0 Å². The van der Waals surface area contributed by atoms with Gasteiger partial charge in [-0.05, 0) is 51.4 Å². The number of rotatable bonds is 3. The number of hydrogen-bond acceptors (Lipinski definition) is 5. The van der Waals surface area contributed by atoms with Gasteiger partial charge in [0.2, 0.25) is 0 Å². The minimum absolute atomic E-state index is 0. The molecule has 1 aromatic rings. The third-order valence-corrected chi connectivity index (χ3v) is 3.99. The Hall–Kier alpha value is -1.33. The molecule has 0 atom stereocenters. The molecule has 118 valence electrons. The number of aromatic nitrogens is 1. The van der Waals surface area contributed by atoms with Crippen LogP contribution in [-0.4, -0.2) is 44.2 Å². The third kappa shape index (κ3) is 3.86. The summed E-state index contributed by atoms with van der Waals surface area (Å²) in [4.78, 5) is 18.6. The molecule has 2 rings (SSSR count). The molecule has 1 aliphatic heterocycles. The van der Waals surface area contributed by atoms with Gasteiger partial charge in [0.1, 0.15) is 5.82 Å². The van der Waals surface area contributed by atoms with E-state index in [9.17, 15) is 4.79 Å². The summed E-state index contributed by atoms with van der Waals surface area (Å²) in [5.41, 5.74) is 2.22. The summed E-state index contributed by atoms with van der Waals surface area (Å²) in [5.74, 6) is 0.614. The van der Waals surface area contributed by atoms with Crippen molar-refractivity contribution in [1.29, 1.82) is 0 Å². The summed E-state index contributed by atoms with van der Waals surface area (Å²) in [6, 6.07) is 2.48. The molecule has 2 heterocycles. The second-order valence-electron chi connectivity index (χ2n) is 5.34. The average molecular weight is 314 g/mol. The predicted octanol–water partition coefficient (Wildman–Crippen LogP) is 2.10. The fourth-order valence-corrected chi connectivity index (χ4v) is 2.78. The van der Waals surface area contributed by atoms with E-state index in [1.165, 1.54) is 7.11 Å². The molecule has 0 saturated carbocycles. The van der Waals surface area contributed by atoms with Crippen LogP contribution in [0.4, 0.5) is 5.82 Å². The molecule has 1 N–H and O–H groups in total. The monoisotopic (exact) mass is 313 g/mol.